The molecule has 0 radical (unpaired) electrons. The molecule has 0 heterocycles. The summed E-state index contributed by atoms with van der Waals surface area (Å²) in [5.74, 6) is -0.0441. The summed E-state index contributed by atoms with van der Waals surface area (Å²) in [6, 6.07) is 15.2. The van der Waals surface area contributed by atoms with Crippen LogP contribution in [0.2, 0.25) is 5.02 Å². The molecule has 2 rings (SSSR count). The topological polar surface area (TPSA) is 17.1 Å². The van der Waals surface area contributed by atoms with E-state index in [0.29, 0.717) is 10.6 Å². The maximum atomic E-state index is 12.1. The minimum atomic E-state index is -0.0441. The van der Waals surface area contributed by atoms with Gasteiger partial charge in [-0.2, -0.15) is 0 Å². The molecule has 2 aromatic carbocycles. The van der Waals surface area contributed by atoms with Crippen LogP contribution >= 0.6 is 11.6 Å². The van der Waals surface area contributed by atoms with Crippen molar-refractivity contribution >= 4 is 23.5 Å². The zero-order chi connectivity index (χ0) is 15.5. The first-order valence-electron chi connectivity index (χ1n) is 6.95. The maximum absolute atomic E-state index is 12.1. The molecule has 0 saturated heterocycles. The summed E-state index contributed by atoms with van der Waals surface area (Å²) in [4.78, 5) is 12.1. The maximum Gasteiger partial charge on any atom is 0.185 e. The lowest BCUT2D eigenvalue weighted by molar-refractivity contribution is 0.104. The molecule has 2 aromatic rings. The second kappa shape index (κ2) is 6.28. The number of carbonyl (C=O) groups excluding carboxylic acids is 1. The highest BCUT2D eigenvalue weighted by molar-refractivity contribution is 6.31. The summed E-state index contributed by atoms with van der Waals surface area (Å²) in [6.07, 6.45) is 3.41. The van der Waals surface area contributed by atoms with E-state index in [1.807, 2.05) is 18.2 Å². The summed E-state index contributed by atoms with van der Waals surface area (Å²) >= 11 is 5.89. The lowest BCUT2D eigenvalue weighted by atomic mass is 9.87. The molecule has 0 amide bonds. The molecule has 0 aliphatic heterocycles. The molecule has 21 heavy (non-hydrogen) atoms. The van der Waals surface area contributed by atoms with Crippen molar-refractivity contribution in [2.45, 2.75) is 26.2 Å². The van der Waals surface area contributed by atoms with Crippen molar-refractivity contribution in [3.05, 3.63) is 76.3 Å². The third-order valence-corrected chi connectivity index (χ3v) is 3.55. The standard InChI is InChI=1S/C19H19ClO/c1-19(2,3)16-10-7-14(8-11-16)9-12-18(21)15-5-4-6-17(20)13-15/h4-13H,1-3H3. The summed E-state index contributed by atoms with van der Waals surface area (Å²) in [6.45, 7) is 6.54. The van der Waals surface area contributed by atoms with Gasteiger partial charge in [-0.1, -0.05) is 74.8 Å². The van der Waals surface area contributed by atoms with Crippen LogP contribution in [-0.4, -0.2) is 5.78 Å². The van der Waals surface area contributed by atoms with Gasteiger partial charge in [0, 0.05) is 10.6 Å². The van der Waals surface area contributed by atoms with Crippen LogP contribution in [0.1, 0.15) is 42.3 Å². The normalized spacial score (nSPS) is 11.8. The Bertz CT molecular complexity index is 661. The Morgan fingerprint density at radius 2 is 1.71 bits per heavy atom. The number of rotatable bonds is 3. The van der Waals surface area contributed by atoms with Crippen LogP contribution in [0.3, 0.4) is 0 Å². The van der Waals surface area contributed by atoms with E-state index in [2.05, 4.69) is 32.9 Å². The zero-order valence-corrected chi connectivity index (χ0v) is 13.3. The number of hydrogen-bond acceptors (Lipinski definition) is 1. The van der Waals surface area contributed by atoms with Gasteiger partial charge in [0.1, 0.15) is 0 Å². The lowest BCUT2D eigenvalue weighted by Gasteiger charge is -2.18. The fourth-order valence-corrected chi connectivity index (χ4v) is 2.19. The van der Waals surface area contributed by atoms with Gasteiger partial charge in [0.15, 0.2) is 5.78 Å². The fourth-order valence-electron chi connectivity index (χ4n) is 2.00. The highest BCUT2D eigenvalue weighted by atomic mass is 35.5. The Hall–Kier alpha value is -1.86. The molecule has 0 unspecified atom stereocenters. The van der Waals surface area contributed by atoms with E-state index in [-0.39, 0.29) is 11.2 Å². The summed E-state index contributed by atoms with van der Waals surface area (Å²) < 4.78 is 0. The highest BCUT2D eigenvalue weighted by Gasteiger charge is 2.12. The third-order valence-electron chi connectivity index (χ3n) is 3.31. The first-order valence-corrected chi connectivity index (χ1v) is 7.32. The number of ketones is 1. The van der Waals surface area contributed by atoms with E-state index in [1.165, 1.54) is 5.56 Å². The van der Waals surface area contributed by atoms with Gasteiger partial charge in [-0.25, -0.2) is 0 Å². The van der Waals surface area contributed by atoms with Gasteiger partial charge >= 0.3 is 0 Å². The predicted molar refractivity (Wildman–Crippen MR) is 90.0 cm³/mol. The molecule has 0 aliphatic rings. The number of carbonyl (C=O) groups is 1. The summed E-state index contributed by atoms with van der Waals surface area (Å²) in [7, 11) is 0. The number of hydrogen-bond donors (Lipinski definition) is 0. The molecular weight excluding hydrogens is 280 g/mol. The molecule has 0 saturated carbocycles. The molecule has 0 spiro atoms. The highest BCUT2D eigenvalue weighted by Crippen LogP contribution is 2.22. The smallest absolute Gasteiger partial charge is 0.185 e. The lowest BCUT2D eigenvalue weighted by Crippen LogP contribution is -2.10. The van der Waals surface area contributed by atoms with Crippen LogP contribution in [0.4, 0.5) is 0 Å². The number of benzene rings is 2. The predicted octanol–water partition coefficient (Wildman–Crippen LogP) is 5.53. The molecular formula is C19H19ClO. The minimum absolute atomic E-state index is 0.0441. The van der Waals surface area contributed by atoms with Crippen LogP contribution in [0.5, 0.6) is 0 Å². The van der Waals surface area contributed by atoms with Gasteiger partial charge in [0.2, 0.25) is 0 Å². The Morgan fingerprint density at radius 3 is 2.29 bits per heavy atom. The third kappa shape index (κ3) is 4.30. The SMILES string of the molecule is CC(C)(C)c1ccc(C=CC(=O)c2cccc(Cl)c2)cc1. The largest absolute Gasteiger partial charge is 0.289 e. The van der Waals surface area contributed by atoms with Gasteiger partial charge in [0.05, 0.1) is 0 Å². The van der Waals surface area contributed by atoms with Crippen LogP contribution in [-0.2, 0) is 5.41 Å². The van der Waals surface area contributed by atoms with Gasteiger partial charge < -0.3 is 0 Å². The van der Waals surface area contributed by atoms with E-state index >= 15 is 0 Å². The van der Waals surface area contributed by atoms with Crippen molar-refractivity contribution in [3.63, 3.8) is 0 Å². The van der Waals surface area contributed by atoms with Gasteiger partial charge in [-0.05, 0) is 34.8 Å². The van der Waals surface area contributed by atoms with Crippen LogP contribution in [0.25, 0.3) is 6.08 Å². The molecule has 0 bridgehead atoms. The molecule has 0 aromatic heterocycles. The monoisotopic (exact) mass is 298 g/mol. The van der Waals surface area contributed by atoms with Crippen molar-refractivity contribution in [1.82, 2.24) is 0 Å². The second-order valence-corrected chi connectivity index (χ2v) is 6.52. The van der Waals surface area contributed by atoms with Crippen LogP contribution in [0, 0.1) is 0 Å². The Kier molecular flexibility index (Phi) is 4.64. The van der Waals surface area contributed by atoms with Crippen molar-refractivity contribution in [3.8, 4) is 0 Å². The fraction of sp³-hybridized carbons (Fsp3) is 0.211. The second-order valence-electron chi connectivity index (χ2n) is 6.08. The zero-order valence-electron chi connectivity index (χ0n) is 12.6. The van der Waals surface area contributed by atoms with Crippen LogP contribution < -0.4 is 0 Å². The average molecular weight is 299 g/mol. The quantitative estimate of drug-likeness (QED) is 0.537. The van der Waals surface area contributed by atoms with Gasteiger partial charge in [0.25, 0.3) is 0 Å². The molecule has 0 atom stereocenters. The summed E-state index contributed by atoms with van der Waals surface area (Å²) in [5, 5.41) is 0.573. The molecule has 0 aliphatic carbocycles. The Balaban J connectivity index is 2.12. The van der Waals surface area contributed by atoms with E-state index in [0.717, 1.165) is 5.56 Å². The van der Waals surface area contributed by atoms with Gasteiger partial charge in [-0.3, -0.25) is 4.79 Å². The van der Waals surface area contributed by atoms with E-state index in [1.54, 1.807) is 30.3 Å². The molecule has 0 fully saturated rings. The van der Waals surface area contributed by atoms with E-state index in [4.69, 9.17) is 11.6 Å². The Labute approximate surface area is 131 Å². The molecule has 108 valence electrons. The molecule has 0 N–H and O–H groups in total. The number of allylic oxidation sites excluding steroid dienone is 1. The van der Waals surface area contributed by atoms with E-state index in [9.17, 15) is 4.79 Å². The van der Waals surface area contributed by atoms with Gasteiger partial charge in [-0.15, -0.1) is 0 Å². The van der Waals surface area contributed by atoms with Crippen molar-refractivity contribution in [2.24, 2.45) is 0 Å². The first-order chi connectivity index (χ1) is 9.86. The Morgan fingerprint density at radius 1 is 1.05 bits per heavy atom. The average Bonchev–Trinajstić information content (AvgIpc) is 2.44. The van der Waals surface area contributed by atoms with Crippen molar-refractivity contribution < 1.29 is 4.79 Å². The van der Waals surface area contributed by atoms with Crippen molar-refractivity contribution in [1.29, 1.82) is 0 Å². The summed E-state index contributed by atoms with van der Waals surface area (Å²) in [5.41, 5.74) is 3.03. The molecule has 2 heteroatoms. The van der Waals surface area contributed by atoms with E-state index < -0.39 is 0 Å². The van der Waals surface area contributed by atoms with Crippen LogP contribution in [0.15, 0.2) is 54.6 Å². The minimum Gasteiger partial charge on any atom is -0.289 e. The number of halogens is 1. The molecule has 1 nitrogen and oxygen atoms in total. The van der Waals surface area contributed by atoms with Crippen molar-refractivity contribution in [2.75, 3.05) is 0 Å². The first kappa shape index (κ1) is 15.5.